The first kappa shape index (κ1) is 13.2. The standard InChI is InChI=1S/C14H25N3O2/c15-13(16-18)11-3-1-7-17(10-11)12-4-8-19-14(9-12)5-2-6-14/h11-12,18H,1-10H2,(H2,15,16). The molecular weight excluding hydrogens is 242 g/mol. The topological polar surface area (TPSA) is 71.1 Å². The summed E-state index contributed by atoms with van der Waals surface area (Å²) in [4.78, 5) is 2.55. The summed E-state index contributed by atoms with van der Waals surface area (Å²) in [5.41, 5.74) is 5.98. The fourth-order valence-corrected chi connectivity index (χ4v) is 3.89. The van der Waals surface area contributed by atoms with Gasteiger partial charge in [-0.1, -0.05) is 5.16 Å². The van der Waals surface area contributed by atoms with Gasteiger partial charge in [0.05, 0.1) is 5.60 Å². The van der Waals surface area contributed by atoms with Crippen LogP contribution in [0, 0.1) is 5.92 Å². The molecule has 2 atom stereocenters. The number of hydrogen-bond donors (Lipinski definition) is 2. The lowest BCUT2D eigenvalue weighted by atomic mass is 9.73. The SMILES string of the molecule is NC(=NO)C1CCCN(C2CCOC3(CCC3)C2)C1. The maximum Gasteiger partial charge on any atom is 0.143 e. The lowest BCUT2D eigenvalue weighted by Crippen LogP contribution is -2.54. The minimum atomic E-state index is 0.201. The van der Waals surface area contributed by atoms with Crippen molar-refractivity contribution in [3.8, 4) is 0 Å². The quantitative estimate of drug-likeness (QED) is 0.345. The van der Waals surface area contributed by atoms with Gasteiger partial charge in [0.25, 0.3) is 0 Å². The molecule has 0 amide bonds. The van der Waals surface area contributed by atoms with Gasteiger partial charge in [0, 0.05) is 25.1 Å². The van der Waals surface area contributed by atoms with Crippen LogP contribution in [0.4, 0.5) is 0 Å². The molecule has 2 unspecified atom stereocenters. The van der Waals surface area contributed by atoms with E-state index < -0.39 is 0 Å². The summed E-state index contributed by atoms with van der Waals surface area (Å²) in [6, 6.07) is 0.628. The molecule has 0 radical (unpaired) electrons. The average Bonchev–Trinajstić information content (AvgIpc) is 2.45. The summed E-state index contributed by atoms with van der Waals surface area (Å²) < 4.78 is 6.00. The molecule has 1 spiro atoms. The number of ether oxygens (including phenoxy) is 1. The first-order valence-corrected chi connectivity index (χ1v) is 7.58. The first-order chi connectivity index (χ1) is 9.22. The highest BCUT2D eigenvalue weighted by Crippen LogP contribution is 2.43. The van der Waals surface area contributed by atoms with E-state index in [2.05, 4.69) is 10.1 Å². The molecule has 19 heavy (non-hydrogen) atoms. The third-order valence-corrected chi connectivity index (χ3v) is 5.23. The molecule has 1 saturated carbocycles. The van der Waals surface area contributed by atoms with E-state index in [9.17, 15) is 0 Å². The van der Waals surface area contributed by atoms with Crippen LogP contribution in [0.3, 0.4) is 0 Å². The third-order valence-electron chi connectivity index (χ3n) is 5.23. The molecule has 0 aromatic heterocycles. The molecule has 1 aliphatic carbocycles. The van der Waals surface area contributed by atoms with Crippen molar-refractivity contribution in [3.63, 3.8) is 0 Å². The Labute approximate surface area is 114 Å². The highest BCUT2D eigenvalue weighted by Gasteiger charge is 2.44. The van der Waals surface area contributed by atoms with E-state index in [1.807, 2.05) is 0 Å². The van der Waals surface area contributed by atoms with Crippen LogP contribution in [0.1, 0.15) is 44.9 Å². The summed E-state index contributed by atoms with van der Waals surface area (Å²) in [5, 5.41) is 12.0. The summed E-state index contributed by atoms with van der Waals surface area (Å²) in [7, 11) is 0. The van der Waals surface area contributed by atoms with Gasteiger partial charge in [0.2, 0.25) is 0 Å². The van der Waals surface area contributed by atoms with Gasteiger partial charge < -0.3 is 15.7 Å². The third kappa shape index (κ3) is 2.58. The van der Waals surface area contributed by atoms with E-state index in [4.69, 9.17) is 15.7 Å². The smallest absolute Gasteiger partial charge is 0.143 e. The average molecular weight is 267 g/mol. The maximum atomic E-state index is 8.84. The van der Waals surface area contributed by atoms with Crippen LogP contribution in [-0.4, -0.2) is 47.3 Å². The van der Waals surface area contributed by atoms with Crippen LogP contribution in [-0.2, 0) is 4.74 Å². The van der Waals surface area contributed by atoms with Crippen LogP contribution < -0.4 is 5.73 Å². The Bertz CT molecular complexity index is 355. The number of oxime groups is 1. The van der Waals surface area contributed by atoms with Crippen LogP contribution in [0.25, 0.3) is 0 Å². The lowest BCUT2D eigenvalue weighted by molar-refractivity contribution is -0.150. The van der Waals surface area contributed by atoms with E-state index in [1.165, 1.54) is 25.7 Å². The number of piperidine rings is 1. The van der Waals surface area contributed by atoms with Crippen LogP contribution in [0.2, 0.25) is 0 Å². The van der Waals surface area contributed by atoms with E-state index >= 15 is 0 Å². The Balaban J connectivity index is 1.61. The molecule has 0 bridgehead atoms. The Morgan fingerprint density at radius 2 is 2.16 bits per heavy atom. The van der Waals surface area contributed by atoms with Gasteiger partial charge in [0.1, 0.15) is 5.84 Å². The zero-order valence-electron chi connectivity index (χ0n) is 11.6. The number of amidine groups is 1. The second-order valence-electron chi connectivity index (χ2n) is 6.39. The summed E-state index contributed by atoms with van der Waals surface area (Å²) >= 11 is 0. The van der Waals surface area contributed by atoms with Crippen molar-refractivity contribution in [2.75, 3.05) is 19.7 Å². The van der Waals surface area contributed by atoms with Gasteiger partial charge in [0.15, 0.2) is 0 Å². The van der Waals surface area contributed by atoms with Gasteiger partial charge >= 0.3 is 0 Å². The highest BCUT2D eigenvalue weighted by molar-refractivity contribution is 5.82. The minimum absolute atomic E-state index is 0.201. The molecular formula is C14H25N3O2. The van der Waals surface area contributed by atoms with Gasteiger partial charge in [-0.15, -0.1) is 0 Å². The minimum Gasteiger partial charge on any atom is -0.409 e. The predicted octanol–water partition coefficient (Wildman–Crippen LogP) is 1.55. The van der Waals surface area contributed by atoms with E-state index in [0.717, 1.165) is 39.0 Å². The number of rotatable bonds is 2. The van der Waals surface area contributed by atoms with Crippen LogP contribution >= 0.6 is 0 Å². The number of nitrogens with two attached hydrogens (primary N) is 1. The molecule has 3 fully saturated rings. The number of nitrogens with zero attached hydrogens (tertiary/aromatic N) is 2. The van der Waals surface area contributed by atoms with Crippen LogP contribution in [0.15, 0.2) is 5.16 Å². The van der Waals surface area contributed by atoms with Crippen molar-refractivity contribution >= 4 is 5.84 Å². The van der Waals surface area contributed by atoms with Gasteiger partial charge in [-0.25, -0.2) is 0 Å². The fourth-order valence-electron chi connectivity index (χ4n) is 3.89. The van der Waals surface area contributed by atoms with Crippen molar-refractivity contribution in [2.24, 2.45) is 16.8 Å². The molecule has 2 saturated heterocycles. The molecule has 2 aliphatic heterocycles. The van der Waals surface area contributed by atoms with Gasteiger partial charge in [-0.3, -0.25) is 4.90 Å². The monoisotopic (exact) mass is 267 g/mol. The molecule has 5 nitrogen and oxygen atoms in total. The lowest BCUT2D eigenvalue weighted by Gasteiger charge is -2.50. The zero-order valence-corrected chi connectivity index (χ0v) is 11.6. The number of likely N-dealkylation sites (tertiary alicyclic amines) is 1. The first-order valence-electron chi connectivity index (χ1n) is 7.58. The second-order valence-corrected chi connectivity index (χ2v) is 6.39. The molecule has 2 heterocycles. The largest absolute Gasteiger partial charge is 0.409 e. The Hall–Kier alpha value is -0.810. The normalized spacial score (nSPS) is 36.1. The summed E-state index contributed by atoms with van der Waals surface area (Å²) in [6.45, 7) is 2.99. The summed E-state index contributed by atoms with van der Waals surface area (Å²) in [6.07, 6.45) is 8.29. The molecule has 3 rings (SSSR count). The number of hydrogen-bond acceptors (Lipinski definition) is 4. The molecule has 108 valence electrons. The predicted molar refractivity (Wildman–Crippen MR) is 73.3 cm³/mol. The molecule has 3 N–H and O–H groups in total. The van der Waals surface area contributed by atoms with Crippen molar-refractivity contribution < 1.29 is 9.94 Å². The second kappa shape index (κ2) is 5.29. The molecule has 0 aromatic rings. The van der Waals surface area contributed by atoms with Crippen molar-refractivity contribution in [1.29, 1.82) is 0 Å². The Morgan fingerprint density at radius 1 is 1.32 bits per heavy atom. The van der Waals surface area contributed by atoms with Crippen molar-refractivity contribution in [2.45, 2.75) is 56.6 Å². The van der Waals surface area contributed by atoms with E-state index in [0.29, 0.717) is 11.9 Å². The molecule has 0 aromatic carbocycles. The molecule has 3 aliphatic rings. The van der Waals surface area contributed by atoms with Crippen molar-refractivity contribution in [1.82, 2.24) is 4.90 Å². The Morgan fingerprint density at radius 3 is 2.84 bits per heavy atom. The van der Waals surface area contributed by atoms with Gasteiger partial charge in [-0.2, -0.15) is 0 Å². The zero-order chi connectivity index (χ0) is 13.3. The van der Waals surface area contributed by atoms with E-state index in [1.54, 1.807) is 0 Å². The van der Waals surface area contributed by atoms with Gasteiger partial charge in [-0.05, 0) is 51.5 Å². The van der Waals surface area contributed by atoms with E-state index in [-0.39, 0.29) is 11.5 Å². The molecule has 5 heteroatoms. The highest BCUT2D eigenvalue weighted by atomic mass is 16.5. The Kier molecular flexibility index (Phi) is 3.67. The maximum absolute atomic E-state index is 8.84. The summed E-state index contributed by atoms with van der Waals surface area (Å²) in [5.74, 6) is 0.619. The van der Waals surface area contributed by atoms with Crippen molar-refractivity contribution in [3.05, 3.63) is 0 Å². The van der Waals surface area contributed by atoms with Crippen LogP contribution in [0.5, 0.6) is 0 Å². The fraction of sp³-hybridized carbons (Fsp3) is 0.929.